The molecule has 0 fully saturated rings. The van der Waals surface area contributed by atoms with Crippen LogP contribution in [0, 0.1) is 0 Å². The van der Waals surface area contributed by atoms with Crippen LogP contribution in [0.1, 0.15) is 16.9 Å². The van der Waals surface area contributed by atoms with E-state index in [9.17, 15) is 4.79 Å². The molecule has 0 aliphatic carbocycles. The van der Waals surface area contributed by atoms with Crippen LogP contribution in [-0.4, -0.2) is 42.4 Å². The number of pyridine rings is 1. The maximum Gasteiger partial charge on any atom is 0.269 e. The predicted octanol–water partition coefficient (Wildman–Crippen LogP) is 2.02. The maximum atomic E-state index is 12.0. The summed E-state index contributed by atoms with van der Waals surface area (Å²) in [5.74, 6) is -0.223. The van der Waals surface area contributed by atoms with Crippen LogP contribution in [0.3, 0.4) is 0 Å². The van der Waals surface area contributed by atoms with Crippen molar-refractivity contribution in [1.29, 1.82) is 0 Å². The Morgan fingerprint density at radius 3 is 2.90 bits per heavy atom. The van der Waals surface area contributed by atoms with E-state index in [1.807, 2.05) is 12.1 Å². The van der Waals surface area contributed by atoms with E-state index in [0.717, 1.165) is 5.39 Å². The number of fused-ring (bicyclic) bond motifs is 1. The van der Waals surface area contributed by atoms with E-state index in [2.05, 4.69) is 10.3 Å². The molecule has 1 aromatic heterocycles. The second-order valence-corrected chi connectivity index (χ2v) is 4.92. The summed E-state index contributed by atoms with van der Waals surface area (Å²) < 4.78 is 5.11. The van der Waals surface area contributed by atoms with Crippen molar-refractivity contribution in [2.45, 2.75) is 6.42 Å². The minimum Gasteiger partial charge on any atom is -0.394 e. The van der Waals surface area contributed by atoms with Crippen LogP contribution >= 0.6 is 11.6 Å². The standard InChI is InChI=1S/C15H17ClN2O3/c16-12-4-2-11-3-5-13(18-14(11)10-12)15(20)17-6-1-8-21-9-7-19/h2-5,10,19H,1,6-9H2,(H,17,20). The zero-order chi connectivity index (χ0) is 15.1. The molecular weight excluding hydrogens is 292 g/mol. The molecule has 5 nitrogen and oxygen atoms in total. The molecule has 1 heterocycles. The van der Waals surface area contributed by atoms with Gasteiger partial charge in [0.05, 0.1) is 18.7 Å². The lowest BCUT2D eigenvalue weighted by Crippen LogP contribution is -2.26. The quantitative estimate of drug-likeness (QED) is 0.768. The molecule has 0 saturated heterocycles. The van der Waals surface area contributed by atoms with Crippen LogP contribution in [0.15, 0.2) is 30.3 Å². The summed E-state index contributed by atoms with van der Waals surface area (Å²) in [5.41, 5.74) is 1.06. The van der Waals surface area contributed by atoms with Gasteiger partial charge < -0.3 is 15.2 Å². The number of benzene rings is 1. The normalized spacial score (nSPS) is 10.8. The molecule has 6 heteroatoms. The second-order valence-electron chi connectivity index (χ2n) is 4.48. The smallest absolute Gasteiger partial charge is 0.269 e. The first-order valence-electron chi connectivity index (χ1n) is 6.74. The van der Waals surface area contributed by atoms with E-state index < -0.39 is 0 Å². The maximum absolute atomic E-state index is 12.0. The summed E-state index contributed by atoms with van der Waals surface area (Å²) in [5, 5.41) is 12.9. The number of nitrogens with one attached hydrogen (secondary N) is 1. The molecule has 21 heavy (non-hydrogen) atoms. The summed E-state index contributed by atoms with van der Waals surface area (Å²) in [6, 6.07) is 8.92. The minimum atomic E-state index is -0.223. The Labute approximate surface area is 127 Å². The first kappa shape index (κ1) is 15.7. The van der Waals surface area contributed by atoms with Crippen molar-refractivity contribution in [1.82, 2.24) is 10.3 Å². The van der Waals surface area contributed by atoms with Crippen LogP contribution in [0.25, 0.3) is 10.9 Å². The minimum absolute atomic E-state index is 0.00985. The lowest BCUT2D eigenvalue weighted by atomic mass is 10.2. The van der Waals surface area contributed by atoms with Gasteiger partial charge in [-0.25, -0.2) is 4.98 Å². The molecule has 1 amide bonds. The van der Waals surface area contributed by atoms with Crippen LogP contribution in [0.4, 0.5) is 0 Å². The first-order valence-corrected chi connectivity index (χ1v) is 7.11. The van der Waals surface area contributed by atoms with E-state index in [1.54, 1.807) is 18.2 Å². The summed E-state index contributed by atoms with van der Waals surface area (Å²) in [7, 11) is 0. The average molecular weight is 309 g/mol. The van der Waals surface area contributed by atoms with Crippen molar-refractivity contribution >= 4 is 28.4 Å². The molecule has 2 rings (SSSR count). The Balaban J connectivity index is 1.90. The molecule has 2 aromatic rings. The Bertz CT molecular complexity index is 619. The number of nitrogens with zero attached hydrogens (tertiary/aromatic N) is 1. The highest BCUT2D eigenvalue weighted by molar-refractivity contribution is 6.31. The molecule has 1 aromatic carbocycles. The summed E-state index contributed by atoms with van der Waals surface area (Å²) >= 11 is 5.92. The van der Waals surface area contributed by atoms with Crippen LogP contribution in [0.2, 0.25) is 5.02 Å². The molecule has 0 atom stereocenters. The molecule has 0 aliphatic rings. The van der Waals surface area contributed by atoms with Gasteiger partial charge in [-0.1, -0.05) is 23.7 Å². The van der Waals surface area contributed by atoms with Gasteiger partial charge in [0.1, 0.15) is 5.69 Å². The largest absolute Gasteiger partial charge is 0.394 e. The molecule has 0 saturated carbocycles. The molecule has 0 radical (unpaired) electrons. The Morgan fingerprint density at radius 1 is 1.29 bits per heavy atom. The molecule has 0 spiro atoms. The van der Waals surface area contributed by atoms with Crippen molar-refractivity contribution in [3.8, 4) is 0 Å². The van der Waals surface area contributed by atoms with Crippen LogP contribution in [0.5, 0.6) is 0 Å². The number of hydrogen-bond donors (Lipinski definition) is 2. The van der Waals surface area contributed by atoms with E-state index in [0.29, 0.717) is 42.4 Å². The van der Waals surface area contributed by atoms with Gasteiger partial charge in [-0.15, -0.1) is 0 Å². The Kier molecular flexibility index (Phi) is 5.92. The fraction of sp³-hybridized carbons (Fsp3) is 0.333. The Morgan fingerprint density at radius 2 is 2.10 bits per heavy atom. The molecule has 0 bridgehead atoms. The number of halogens is 1. The Hall–Kier alpha value is -1.69. The van der Waals surface area contributed by atoms with E-state index in [1.165, 1.54) is 0 Å². The second kappa shape index (κ2) is 7.93. The van der Waals surface area contributed by atoms with Crippen molar-refractivity contribution in [3.63, 3.8) is 0 Å². The molecule has 0 unspecified atom stereocenters. The lowest BCUT2D eigenvalue weighted by Gasteiger charge is -2.06. The average Bonchev–Trinajstić information content (AvgIpc) is 2.49. The number of amides is 1. The van der Waals surface area contributed by atoms with E-state index in [4.69, 9.17) is 21.4 Å². The van der Waals surface area contributed by atoms with Crippen molar-refractivity contribution in [3.05, 3.63) is 41.0 Å². The predicted molar refractivity (Wildman–Crippen MR) is 81.6 cm³/mol. The monoisotopic (exact) mass is 308 g/mol. The van der Waals surface area contributed by atoms with Crippen molar-refractivity contribution in [2.75, 3.05) is 26.4 Å². The topological polar surface area (TPSA) is 71.5 Å². The summed E-state index contributed by atoms with van der Waals surface area (Å²) in [6.07, 6.45) is 0.686. The van der Waals surface area contributed by atoms with Gasteiger partial charge in [0.2, 0.25) is 0 Å². The number of aliphatic hydroxyl groups is 1. The fourth-order valence-electron chi connectivity index (χ4n) is 1.85. The van der Waals surface area contributed by atoms with Gasteiger partial charge >= 0.3 is 0 Å². The zero-order valence-electron chi connectivity index (χ0n) is 11.5. The van der Waals surface area contributed by atoms with Crippen molar-refractivity contribution in [2.24, 2.45) is 0 Å². The van der Waals surface area contributed by atoms with E-state index in [-0.39, 0.29) is 12.5 Å². The number of aliphatic hydroxyl groups excluding tert-OH is 1. The number of aromatic nitrogens is 1. The number of carbonyl (C=O) groups is 1. The van der Waals surface area contributed by atoms with Gasteiger partial charge in [0, 0.05) is 23.6 Å². The lowest BCUT2D eigenvalue weighted by molar-refractivity contribution is 0.0866. The van der Waals surface area contributed by atoms with Gasteiger partial charge in [-0.2, -0.15) is 0 Å². The summed E-state index contributed by atoms with van der Waals surface area (Å²) in [4.78, 5) is 16.3. The zero-order valence-corrected chi connectivity index (χ0v) is 12.3. The highest BCUT2D eigenvalue weighted by Crippen LogP contribution is 2.17. The van der Waals surface area contributed by atoms with E-state index >= 15 is 0 Å². The SMILES string of the molecule is O=C(NCCCOCCO)c1ccc2ccc(Cl)cc2n1. The van der Waals surface area contributed by atoms with Crippen LogP contribution in [-0.2, 0) is 4.74 Å². The summed E-state index contributed by atoms with van der Waals surface area (Å²) in [6.45, 7) is 1.33. The van der Waals surface area contributed by atoms with Crippen LogP contribution < -0.4 is 5.32 Å². The van der Waals surface area contributed by atoms with Crippen molar-refractivity contribution < 1.29 is 14.6 Å². The molecular formula is C15H17ClN2O3. The molecule has 112 valence electrons. The third kappa shape index (κ3) is 4.67. The van der Waals surface area contributed by atoms with Gasteiger partial charge in [-0.05, 0) is 24.6 Å². The highest BCUT2D eigenvalue weighted by atomic mass is 35.5. The fourth-order valence-corrected chi connectivity index (χ4v) is 2.02. The number of rotatable bonds is 7. The first-order chi connectivity index (χ1) is 10.2. The number of ether oxygens (including phenoxy) is 1. The highest BCUT2D eigenvalue weighted by Gasteiger charge is 2.07. The molecule has 2 N–H and O–H groups in total. The van der Waals surface area contributed by atoms with Gasteiger partial charge in [0.15, 0.2) is 0 Å². The third-order valence-electron chi connectivity index (χ3n) is 2.87. The van der Waals surface area contributed by atoms with Gasteiger partial charge in [0.25, 0.3) is 5.91 Å². The third-order valence-corrected chi connectivity index (χ3v) is 3.11. The number of carbonyl (C=O) groups excluding carboxylic acids is 1. The number of hydrogen-bond acceptors (Lipinski definition) is 4. The van der Waals surface area contributed by atoms with Gasteiger partial charge in [-0.3, -0.25) is 4.79 Å². The molecule has 0 aliphatic heterocycles.